The Bertz CT molecular complexity index is 382. The van der Waals surface area contributed by atoms with E-state index in [1.165, 1.54) is 17.0 Å². The van der Waals surface area contributed by atoms with Gasteiger partial charge in [-0.3, -0.25) is 4.79 Å². The number of ether oxygens (including phenoxy) is 1. The maximum Gasteiger partial charge on any atom is 0.256 e. The van der Waals surface area contributed by atoms with Crippen LogP contribution < -0.4 is 5.73 Å². The molecule has 0 aliphatic heterocycles. The molecule has 16 heavy (non-hydrogen) atoms. The number of hydrogen-bond acceptors (Lipinski definition) is 3. The first-order chi connectivity index (χ1) is 7.56. The van der Waals surface area contributed by atoms with Gasteiger partial charge < -0.3 is 15.4 Å². The highest BCUT2D eigenvalue weighted by molar-refractivity contribution is 5.94. The summed E-state index contributed by atoms with van der Waals surface area (Å²) in [5.41, 5.74) is 5.72. The number of amides is 1. The Hall–Kier alpha value is -1.62. The molecule has 0 aliphatic rings. The normalized spacial score (nSPS) is 10.2. The van der Waals surface area contributed by atoms with Crippen LogP contribution in [0.25, 0.3) is 0 Å². The smallest absolute Gasteiger partial charge is 0.256 e. The van der Waals surface area contributed by atoms with Gasteiger partial charge in [-0.25, -0.2) is 4.39 Å². The Kier molecular flexibility index (Phi) is 4.25. The zero-order chi connectivity index (χ0) is 12.1. The molecule has 0 aliphatic carbocycles. The van der Waals surface area contributed by atoms with Crippen molar-refractivity contribution in [3.63, 3.8) is 0 Å². The summed E-state index contributed by atoms with van der Waals surface area (Å²) < 4.78 is 18.3. The first-order valence-corrected chi connectivity index (χ1v) is 4.85. The number of carbonyl (C=O) groups excluding carboxylic acids is 1. The molecule has 0 atom stereocenters. The molecule has 0 heterocycles. The van der Waals surface area contributed by atoms with Crippen molar-refractivity contribution in [3.8, 4) is 0 Å². The van der Waals surface area contributed by atoms with Gasteiger partial charge in [0.2, 0.25) is 0 Å². The van der Waals surface area contributed by atoms with Gasteiger partial charge in [0, 0.05) is 26.4 Å². The molecule has 0 radical (unpaired) electrons. The molecule has 1 amide bonds. The average molecular weight is 226 g/mol. The van der Waals surface area contributed by atoms with E-state index >= 15 is 0 Å². The maximum absolute atomic E-state index is 13.4. The van der Waals surface area contributed by atoms with Crippen molar-refractivity contribution < 1.29 is 13.9 Å². The van der Waals surface area contributed by atoms with Gasteiger partial charge in [0.25, 0.3) is 5.91 Å². The van der Waals surface area contributed by atoms with Gasteiger partial charge in [0.15, 0.2) is 0 Å². The van der Waals surface area contributed by atoms with Gasteiger partial charge in [-0.15, -0.1) is 0 Å². The number of rotatable bonds is 4. The van der Waals surface area contributed by atoms with Crippen LogP contribution in [0.4, 0.5) is 10.1 Å². The zero-order valence-electron chi connectivity index (χ0n) is 9.37. The Labute approximate surface area is 93.8 Å². The van der Waals surface area contributed by atoms with Crippen LogP contribution in [0.3, 0.4) is 0 Å². The van der Waals surface area contributed by atoms with Gasteiger partial charge in [0.05, 0.1) is 12.2 Å². The van der Waals surface area contributed by atoms with Crippen LogP contribution in [0.5, 0.6) is 0 Å². The number of hydrogen-bond donors (Lipinski definition) is 1. The molecule has 0 bridgehead atoms. The summed E-state index contributed by atoms with van der Waals surface area (Å²) in [4.78, 5) is 13.2. The molecule has 5 heteroatoms. The molecule has 4 nitrogen and oxygen atoms in total. The summed E-state index contributed by atoms with van der Waals surface area (Å²) in [5.74, 6) is -0.983. The molecule has 0 saturated heterocycles. The molecule has 0 spiro atoms. The summed E-state index contributed by atoms with van der Waals surface area (Å²) in [6.07, 6.45) is 0. The number of nitrogens with zero attached hydrogens (tertiary/aromatic N) is 1. The molecule has 88 valence electrons. The largest absolute Gasteiger partial charge is 0.399 e. The van der Waals surface area contributed by atoms with Crippen molar-refractivity contribution in [2.24, 2.45) is 0 Å². The Morgan fingerprint density at radius 1 is 1.56 bits per heavy atom. The molecule has 0 aromatic heterocycles. The predicted octanol–water partition coefficient (Wildman–Crippen LogP) is 1.13. The lowest BCUT2D eigenvalue weighted by Crippen LogP contribution is -2.30. The number of likely N-dealkylation sites (N-methyl/N-ethyl adjacent to an activating group) is 1. The minimum atomic E-state index is -0.603. The summed E-state index contributed by atoms with van der Waals surface area (Å²) in [5, 5.41) is 0. The number of nitrogen functional groups attached to an aromatic ring is 1. The third-order valence-corrected chi connectivity index (χ3v) is 2.20. The lowest BCUT2D eigenvalue weighted by Gasteiger charge is -2.16. The second-order valence-electron chi connectivity index (χ2n) is 3.46. The minimum absolute atomic E-state index is 0.0211. The van der Waals surface area contributed by atoms with Crippen molar-refractivity contribution in [2.75, 3.05) is 33.0 Å². The van der Waals surface area contributed by atoms with Crippen LogP contribution in [0.1, 0.15) is 10.4 Å². The molecule has 0 unspecified atom stereocenters. The van der Waals surface area contributed by atoms with E-state index in [2.05, 4.69) is 0 Å². The number of anilines is 1. The highest BCUT2D eigenvalue weighted by Gasteiger charge is 2.15. The summed E-state index contributed by atoms with van der Waals surface area (Å²) in [6.45, 7) is 0.831. The van der Waals surface area contributed by atoms with Crippen molar-refractivity contribution in [3.05, 3.63) is 29.6 Å². The number of carbonyl (C=O) groups is 1. The van der Waals surface area contributed by atoms with Crippen molar-refractivity contribution >= 4 is 11.6 Å². The Balaban J connectivity index is 2.79. The highest BCUT2D eigenvalue weighted by Crippen LogP contribution is 2.13. The monoisotopic (exact) mass is 226 g/mol. The van der Waals surface area contributed by atoms with Crippen LogP contribution in [-0.4, -0.2) is 38.1 Å². The summed E-state index contributed by atoms with van der Waals surface area (Å²) in [6, 6.07) is 4.02. The zero-order valence-corrected chi connectivity index (χ0v) is 9.37. The van der Waals surface area contributed by atoms with Crippen LogP contribution in [0.15, 0.2) is 18.2 Å². The van der Waals surface area contributed by atoms with Crippen molar-refractivity contribution in [1.29, 1.82) is 0 Å². The van der Waals surface area contributed by atoms with E-state index in [1.807, 2.05) is 0 Å². The fourth-order valence-electron chi connectivity index (χ4n) is 1.24. The third-order valence-electron chi connectivity index (χ3n) is 2.20. The van der Waals surface area contributed by atoms with E-state index < -0.39 is 5.82 Å². The topological polar surface area (TPSA) is 55.6 Å². The van der Waals surface area contributed by atoms with Gasteiger partial charge >= 0.3 is 0 Å². The average Bonchev–Trinajstić information content (AvgIpc) is 2.25. The van der Waals surface area contributed by atoms with Crippen molar-refractivity contribution in [1.82, 2.24) is 4.90 Å². The third kappa shape index (κ3) is 2.93. The minimum Gasteiger partial charge on any atom is -0.399 e. The van der Waals surface area contributed by atoms with Crippen LogP contribution in [-0.2, 0) is 4.74 Å². The molecule has 0 saturated carbocycles. The fourth-order valence-corrected chi connectivity index (χ4v) is 1.24. The lowest BCUT2D eigenvalue weighted by molar-refractivity contribution is 0.0740. The van der Waals surface area contributed by atoms with E-state index in [0.717, 1.165) is 6.07 Å². The molecule has 2 N–H and O–H groups in total. The molecular formula is C11H15FN2O2. The van der Waals surface area contributed by atoms with E-state index in [9.17, 15) is 9.18 Å². The van der Waals surface area contributed by atoms with Crippen LogP contribution in [0, 0.1) is 5.82 Å². The van der Waals surface area contributed by atoms with E-state index in [4.69, 9.17) is 10.5 Å². The molecule has 1 aromatic rings. The van der Waals surface area contributed by atoms with Crippen LogP contribution in [0.2, 0.25) is 0 Å². The number of benzene rings is 1. The van der Waals surface area contributed by atoms with E-state index in [-0.39, 0.29) is 11.5 Å². The number of methoxy groups -OCH3 is 1. The Morgan fingerprint density at radius 3 is 2.81 bits per heavy atom. The predicted molar refractivity (Wildman–Crippen MR) is 59.6 cm³/mol. The molecule has 0 fully saturated rings. The quantitative estimate of drug-likeness (QED) is 0.783. The first-order valence-electron chi connectivity index (χ1n) is 4.85. The van der Waals surface area contributed by atoms with Gasteiger partial charge in [0.1, 0.15) is 5.82 Å². The van der Waals surface area contributed by atoms with Gasteiger partial charge in [-0.05, 0) is 18.2 Å². The van der Waals surface area contributed by atoms with Gasteiger partial charge in [-0.2, -0.15) is 0 Å². The summed E-state index contributed by atoms with van der Waals surface area (Å²) >= 11 is 0. The lowest BCUT2D eigenvalue weighted by atomic mass is 10.1. The molecule has 1 aromatic carbocycles. The standard InChI is InChI=1S/C11H15FN2O2/c1-14(5-6-16-2)11(15)9-4-3-8(13)7-10(9)12/h3-4,7H,5-6,13H2,1-2H3. The molecular weight excluding hydrogens is 211 g/mol. The first kappa shape index (κ1) is 12.4. The fraction of sp³-hybridized carbons (Fsp3) is 0.364. The van der Waals surface area contributed by atoms with Crippen molar-refractivity contribution in [2.45, 2.75) is 0 Å². The maximum atomic E-state index is 13.4. The van der Waals surface area contributed by atoms with Gasteiger partial charge in [-0.1, -0.05) is 0 Å². The highest BCUT2D eigenvalue weighted by atomic mass is 19.1. The summed E-state index contributed by atoms with van der Waals surface area (Å²) in [7, 11) is 3.14. The number of nitrogens with two attached hydrogens (primary N) is 1. The Morgan fingerprint density at radius 2 is 2.25 bits per heavy atom. The van der Waals surface area contributed by atoms with E-state index in [1.54, 1.807) is 14.2 Å². The second kappa shape index (κ2) is 5.46. The van der Waals surface area contributed by atoms with Crippen LogP contribution >= 0.6 is 0 Å². The molecule has 1 rings (SSSR count). The number of halogens is 1. The second-order valence-corrected chi connectivity index (χ2v) is 3.46. The SMILES string of the molecule is COCCN(C)C(=O)c1ccc(N)cc1F. The van der Waals surface area contributed by atoms with E-state index in [0.29, 0.717) is 18.8 Å².